The lowest BCUT2D eigenvalue weighted by molar-refractivity contribution is -0.285. The number of aliphatic hydroxyl groups is 1. The normalized spacial score (nSPS) is 49.0. The van der Waals surface area contributed by atoms with Gasteiger partial charge in [-0.2, -0.15) is 0 Å². The molecule has 1 aliphatic heterocycles. The smallest absolute Gasteiger partial charge is 0.338 e. The topological polar surface area (TPSA) is 113 Å². The fourth-order valence-corrected chi connectivity index (χ4v) is 12.2. The number of methoxy groups -OCH3 is 4. The second-order valence-corrected chi connectivity index (χ2v) is 14.1. The number of fused-ring (bicyclic) bond motifs is 2. The van der Waals surface area contributed by atoms with E-state index in [2.05, 4.69) is 11.9 Å². The molecule has 10 heteroatoms. The average Bonchev–Trinajstić information content (AvgIpc) is 3.37. The SMILES string of the molecule is COC[C@@]12CC[C@H](OC)[C@@]34[C@@H]5C[C@]6(O)[C@@H](OC)C[C@](OC(C)=O)([C@H]([C@H](OC)[C@H]13)[C@H]4N(C)C2)[C@H]5[C@H]6OC(=O)c1ccccc1. The summed E-state index contributed by atoms with van der Waals surface area (Å²) in [6, 6.07) is 8.77. The molecule has 10 nitrogen and oxygen atoms in total. The molecule has 5 saturated carbocycles. The molecule has 0 amide bonds. The Morgan fingerprint density at radius 2 is 1.72 bits per heavy atom. The maximum atomic E-state index is 13.7. The Morgan fingerprint density at radius 1 is 1.00 bits per heavy atom. The highest BCUT2D eigenvalue weighted by molar-refractivity contribution is 5.89. The first kappa shape index (κ1) is 29.6. The summed E-state index contributed by atoms with van der Waals surface area (Å²) >= 11 is 0. The minimum atomic E-state index is -1.48. The zero-order valence-electron chi connectivity index (χ0n) is 26.0. The predicted octanol–water partition coefficient (Wildman–Crippen LogP) is 2.32. The van der Waals surface area contributed by atoms with Gasteiger partial charge in [-0.05, 0) is 44.4 Å². The maximum absolute atomic E-state index is 13.7. The number of hydrogen-bond donors (Lipinski definition) is 1. The van der Waals surface area contributed by atoms with E-state index in [0.29, 0.717) is 18.6 Å². The second-order valence-electron chi connectivity index (χ2n) is 14.1. The molecule has 13 atom stereocenters. The molecule has 1 N–H and O–H groups in total. The predicted molar refractivity (Wildman–Crippen MR) is 153 cm³/mol. The van der Waals surface area contributed by atoms with E-state index < -0.39 is 46.7 Å². The molecule has 1 heterocycles. The number of hydrogen-bond acceptors (Lipinski definition) is 10. The first-order valence-electron chi connectivity index (χ1n) is 15.5. The van der Waals surface area contributed by atoms with Crippen molar-refractivity contribution < 1.29 is 43.1 Å². The van der Waals surface area contributed by atoms with E-state index in [0.717, 1.165) is 19.4 Å². The minimum Gasteiger partial charge on any atom is -0.458 e. The van der Waals surface area contributed by atoms with Crippen molar-refractivity contribution in [3.8, 4) is 0 Å². The van der Waals surface area contributed by atoms with Crippen LogP contribution in [0.2, 0.25) is 0 Å². The summed E-state index contributed by atoms with van der Waals surface area (Å²) in [7, 11) is 9.01. The van der Waals surface area contributed by atoms with Crippen LogP contribution >= 0.6 is 0 Å². The Morgan fingerprint density at radius 3 is 2.35 bits per heavy atom. The van der Waals surface area contributed by atoms with Crippen molar-refractivity contribution >= 4 is 11.9 Å². The van der Waals surface area contributed by atoms with Crippen LogP contribution in [0.3, 0.4) is 0 Å². The number of carbonyl (C=O) groups excluding carboxylic acids is 2. The lowest BCUT2D eigenvalue weighted by atomic mass is 9.43. The molecule has 5 aliphatic carbocycles. The molecule has 1 saturated heterocycles. The summed E-state index contributed by atoms with van der Waals surface area (Å²) in [6.45, 7) is 2.82. The monoisotopic (exact) mass is 599 g/mol. The van der Waals surface area contributed by atoms with Crippen LogP contribution in [0.25, 0.3) is 0 Å². The number of nitrogens with zero attached hydrogens (tertiary/aromatic N) is 1. The van der Waals surface area contributed by atoms with Crippen LogP contribution in [0.4, 0.5) is 0 Å². The highest BCUT2D eigenvalue weighted by Gasteiger charge is 2.89. The van der Waals surface area contributed by atoms with Crippen molar-refractivity contribution in [2.75, 3.05) is 48.6 Å². The Hall–Kier alpha value is -2.08. The fourth-order valence-electron chi connectivity index (χ4n) is 12.2. The molecule has 1 spiro atoms. The van der Waals surface area contributed by atoms with Crippen molar-refractivity contribution in [3.63, 3.8) is 0 Å². The number of likely N-dealkylation sites (tertiary alicyclic amines) is 1. The molecular formula is C33H45NO9. The van der Waals surface area contributed by atoms with Gasteiger partial charge in [0.15, 0.2) is 0 Å². The summed E-state index contributed by atoms with van der Waals surface area (Å²) in [6.07, 6.45) is 0.272. The molecule has 1 aromatic rings. The standard InChI is InChI=1S/C33H45NO9/c1-18(35)43-32-15-22(40-5)31(37)14-20(23(32)28(31)42-29(36)19-10-8-7-9-11-19)33-21(39-4)12-13-30(17-38-3)16-34(2)27(33)24(32)25(41-6)26(30)33/h7-11,20-28,37H,12-17H2,1-6H3/t20-,21+,22+,23-,24-,25+,26-,27-,28-,30+,31+,32-,33+/m1/s1. The van der Waals surface area contributed by atoms with Crippen molar-refractivity contribution in [1.82, 2.24) is 4.90 Å². The van der Waals surface area contributed by atoms with Crippen LogP contribution in [0, 0.1) is 34.5 Å². The number of esters is 2. The van der Waals surface area contributed by atoms with Gasteiger partial charge in [-0.15, -0.1) is 0 Å². The van der Waals surface area contributed by atoms with Crippen LogP contribution in [-0.2, 0) is 33.2 Å². The van der Waals surface area contributed by atoms with Crippen LogP contribution < -0.4 is 0 Å². The summed E-state index contributed by atoms with van der Waals surface area (Å²) in [5.74, 6) is -1.87. The minimum absolute atomic E-state index is 0.0201. The van der Waals surface area contributed by atoms with Crippen LogP contribution in [0.15, 0.2) is 30.3 Å². The van der Waals surface area contributed by atoms with Crippen LogP contribution in [-0.4, -0.2) is 112 Å². The molecule has 43 heavy (non-hydrogen) atoms. The summed E-state index contributed by atoms with van der Waals surface area (Å²) in [5, 5.41) is 12.7. The molecule has 6 aliphatic rings. The van der Waals surface area contributed by atoms with Crippen molar-refractivity contribution in [1.29, 1.82) is 0 Å². The van der Waals surface area contributed by atoms with Gasteiger partial charge in [-0.25, -0.2) is 4.79 Å². The Kier molecular flexibility index (Phi) is 6.86. The quantitative estimate of drug-likeness (QED) is 0.447. The zero-order valence-corrected chi connectivity index (χ0v) is 26.0. The van der Waals surface area contributed by atoms with Gasteiger partial charge in [0.1, 0.15) is 17.3 Å². The van der Waals surface area contributed by atoms with E-state index >= 15 is 0 Å². The van der Waals surface area contributed by atoms with Gasteiger partial charge in [0, 0.05) is 83.0 Å². The highest BCUT2D eigenvalue weighted by Crippen LogP contribution is 2.80. The molecule has 7 rings (SSSR count). The van der Waals surface area contributed by atoms with Gasteiger partial charge in [-0.3, -0.25) is 4.79 Å². The Labute approximate surface area is 253 Å². The van der Waals surface area contributed by atoms with E-state index in [1.165, 1.54) is 6.92 Å². The largest absolute Gasteiger partial charge is 0.458 e. The highest BCUT2D eigenvalue weighted by atomic mass is 16.6. The van der Waals surface area contributed by atoms with Gasteiger partial charge in [0.2, 0.25) is 0 Å². The number of ether oxygens (including phenoxy) is 6. The molecular weight excluding hydrogens is 554 g/mol. The third-order valence-corrected chi connectivity index (χ3v) is 12.7. The summed E-state index contributed by atoms with van der Waals surface area (Å²) in [4.78, 5) is 29.2. The molecule has 6 fully saturated rings. The summed E-state index contributed by atoms with van der Waals surface area (Å²) in [5.41, 5.74) is -2.88. The number of carbonyl (C=O) groups is 2. The van der Waals surface area contributed by atoms with Crippen molar-refractivity contribution in [2.45, 2.75) is 74.3 Å². The number of benzene rings is 1. The molecule has 0 radical (unpaired) electrons. The van der Waals surface area contributed by atoms with Crippen molar-refractivity contribution in [3.05, 3.63) is 35.9 Å². The van der Waals surface area contributed by atoms with Gasteiger partial charge < -0.3 is 38.4 Å². The molecule has 7 bridgehead atoms. The van der Waals surface area contributed by atoms with E-state index in [4.69, 9.17) is 28.4 Å². The number of rotatable bonds is 8. The maximum Gasteiger partial charge on any atom is 0.338 e. The van der Waals surface area contributed by atoms with E-state index in [1.54, 1.807) is 52.7 Å². The lowest BCUT2D eigenvalue weighted by Crippen LogP contribution is -2.77. The first-order chi connectivity index (χ1) is 20.6. The van der Waals surface area contributed by atoms with Gasteiger partial charge in [-0.1, -0.05) is 18.2 Å². The average molecular weight is 600 g/mol. The third-order valence-electron chi connectivity index (χ3n) is 12.7. The van der Waals surface area contributed by atoms with E-state index in [-0.39, 0.29) is 47.8 Å². The van der Waals surface area contributed by atoms with Crippen LogP contribution in [0.1, 0.15) is 43.0 Å². The number of piperidine rings is 1. The third kappa shape index (κ3) is 3.51. The second kappa shape index (κ2) is 9.96. The van der Waals surface area contributed by atoms with Crippen molar-refractivity contribution in [2.24, 2.45) is 34.5 Å². The fraction of sp³-hybridized carbons (Fsp3) is 0.758. The summed E-state index contributed by atoms with van der Waals surface area (Å²) < 4.78 is 38.0. The van der Waals surface area contributed by atoms with E-state index in [9.17, 15) is 14.7 Å². The molecule has 236 valence electrons. The Balaban J connectivity index is 1.48. The first-order valence-corrected chi connectivity index (χ1v) is 15.5. The van der Waals surface area contributed by atoms with E-state index in [1.807, 2.05) is 6.07 Å². The van der Waals surface area contributed by atoms with Gasteiger partial charge in [0.05, 0.1) is 30.5 Å². The van der Waals surface area contributed by atoms with Crippen LogP contribution in [0.5, 0.6) is 0 Å². The molecule has 1 aromatic carbocycles. The van der Waals surface area contributed by atoms with Gasteiger partial charge in [0.25, 0.3) is 0 Å². The molecule has 0 aromatic heterocycles. The lowest BCUT2D eigenvalue weighted by Gasteiger charge is -2.69. The molecule has 0 unspecified atom stereocenters. The zero-order chi connectivity index (χ0) is 30.5. The van der Waals surface area contributed by atoms with Gasteiger partial charge >= 0.3 is 11.9 Å². The Bertz CT molecular complexity index is 1280.